The van der Waals surface area contributed by atoms with E-state index >= 15 is 0 Å². The van der Waals surface area contributed by atoms with E-state index in [1.807, 2.05) is 30.3 Å². The number of rotatable bonds is 6. The van der Waals surface area contributed by atoms with Crippen LogP contribution in [0.4, 0.5) is 5.13 Å². The van der Waals surface area contributed by atoms with Crippen molar-refractivity contribution in [2.75, 3.05) is 17.9 Å². The van der Waals surface area contributed by atoms with Crippen LogP contribution in [0.2, 0.25) is 0 Å². The summed E-state index contributed by atoms with van der Waals surface area (Å²) in [6.45, 7) is 0.247. The molecule has 4 rings (SSSR count). The lowest BCUT2D eigenvalue weighted by atomic mass is 10.3. The van der Waals surface area contributed by atoms with Crippen molar-refractivity contribution in [2.45, 2.75) is 17.7 Å². The van der Waals surface area contributed by atoms with Crippen molar-refractivity contribution in [3.8, 4) is 11.5 Å². The van der Waals surface area contributed by atoms with Gasteiger partial charge in [-0.3, -0.25) is 4.79 Å². The van der Waals surface area contributed by atoms with Crippen molar-refractivity contribution in [1.82, 2.24) is 4.98 Å². The molecule has 1 N–H and O–H groups in total. The number of nitrogens with one attached hydrogen (secondary N) is 1. The quantitative estimate of drug-likeness (QED) is 0.509. The lowest BCUT2D eigenvalue weighted by molar-refractivity contribution is -0.116. The van der Waals surface area contributed by atoms with Crippen molar-refractivity contribution in [2.24, 2.45) is 0 Å². The number of ether oxygens (including phenoxy) is 2. The maximum absolute atomic E-state index is 12.1. The van der Waals surface area contributed by atoms with Gasteiger partial charge in [-0.2, -0.15) is 0 Å². The first-order chi connectivity index (χ1) is 12.3. The summed E-state index contributed by atoms with van der Waals surface area (Å²) in [6, 6.07) is 14.0. The molecule has 0 saturated carbocycles. The lowest BCUT2D eigenvalue weighted by Crippen LogP contribution is -2.11. The third-order valence-electron chi connectivity index (χ3n) is 3.69. The van der Waals surface area contributed by atoms with E-state index in [4.69, 9.17) is 9.47 Å². The SMILES string of the molecule is O=C(CCCSc1ccccc1)Nc1nc2cc3c(cc2s1)OCO3. The van der Waals surface area contributed by atoms with E-state index in [1.165, 1.54) is 16.2 Å². The number of carbonyl (C=O) groups is 1. The number of nitrogens with zero attached hydrogens (tertiary/aromatic N) is 1. The van der Waals surface area contributed by atoms with Crippen LogP contribution in [0.3, 0.4) is 0 Å². The second-order valence-electron chi connectivity index (χ2n) is 5.51. The topological polar surface area (TPSA) is 60.5 Å². The average Bonchev–Trinajstić information content (AvgIpc) is 3.22. The molecule has 128 valence electrons. The molecule has 1 aliphatic heterocycles. The van der Waals surface area contributed by atoms with E-state index < -0.39 is 0 Å². The van der Waals surface area contributed by atoms with Gasteiger partial charge in [0.1, 0.15) is 0 Å². The van der Waals surface area contributed by atoms with Gasteiger partial charge in [0.2, 0.25) is 12.7 Å². The van der Waals surface area contributed by atoms with Crippen molar-refractivity contribution in [1.29, 1.82) is 0 Å². The summed E-state index contributed by atoms with van der Waals surface area (Å²) in [5.74, 6) is 2.34. The maximum Gasteiger partial charge on any atom is 0.231 e. The Morgan fingerprint density at radius 3 is 2.84 bits per heavy atom. The van der Waals surface area contributed by atoms with Gasteiger partial charge in [-0.1, -0.05) is 29.5 Å². The monoisotopic (exact) mass is 372 g/mol. The molecule has 0 bridgehead atoms. The molecule has 2 heterocycles. The Morgan fingerprint density at radius 1 is 1.20 bits per heavy atom. The Labute approximate surface area is 153 Å². The molecule has 0 saturated heterocycles. The number of fused-ring (bicyclic) bond motifs is 2. The number of thioether (sulfide) groups is 1. The molecule has 0 unspecified atom stereocenters. The van der Waals surface area contributed by atoms with E-state index in [0.29, 0.717) is 17.3 Å². The largest absolute Gasteiger partial charge is 0.454 e. The highest BCUT2D eigenvalue weighted by molar-refractivity contribution is 7.99. The van der Waals surface area contributed by atoms with Crippen LogP contribution in [0, 0.1) is 0 Å². The Hall–Kier alpha value is -2.25. The van der Waals surface area contributed by atoms with E-state index in [0.717, 1.165) is 28.1 Å². The van der Waals surface area contributed by atoms with Crippen LogP contribution in [0.1, 0.15) is 12.8 Å². The molecular formula is C18H16N2O3S2. The highest BCUT2D eigenvalue weighted by atomic mass is 32.2. The van der Waals surface area contributed by atoms with Crippen molar-refractivity contribution < 1.29 is 14.3 Å². The Balaban J connectivity index is 1.29. The summed E-state index contributed by atoms with van der Waals surface area (Å²) in [7, 11) is 0. The third-order valence-corrected chi connectivity index (χ3v) is 5.72. The Morgan fingerprint density at radius 2 is 2.00 bits per heavy atom. The number of hydrogen-bond acceptors (Lipinski definition) is 6. The summed E-state index contributed by atoms with van der Waals surface area (Å²) in [5, 5.41) is 3.49. The molecule has 3 aromatic rings. The first-order valence-corrected chi connectivity index (χ1v) is 9.76. The molecule has 2 aromatic carbocycles. The summed E-state index contributed by atoms with van der Waals surface area (Å²) in [5.41, 5.74) is 0.809. The van der Waals surface area contributed by atoms with Crippen LogP contribution in [-0.4, -0.2) is 23.4 Å². The fourth-order valence-corrected chi connectivity index (χ4v) is 4.26. The molecule has 1 aromatic heterocycles. The van der Waals surface area contributed by atoms with Gasteiger partial charge in [-0.15, -0.1) is 11.8 Å². The number of aromatic nitrogens is 1. The fourth-order valence-electron chi connectivity index (χ4n) is 2.49. The van der Waals surface area contributed by atoms with Gasteiger partial charge in [0, 0.05) is 23.4 Å². The van der Waals surface area contributed by atoms with E-state index in [2.05, 4.69) is 22.4 Å². The van der Waals surface area contributed by atoms with Gasteiger partial charge in [-0.25, -0.2) is 4.98 Å². The summed E-state index contributed by atoms with van der Waals surface area (Å²) >= 11 is 3.21. The second kappa shape index (κ2) is 7.33. The fraction of sp³-hybridized carbons (Fsp3) is 0.222. The van der Waals surface area contributed by atoms with Gasteiger partial charge >= 0.3 is 0 Å². The Bertz CT molecular complexity index is 855. The number of thiazole rings is 1. The van der Waals surface area contributed by atoms with Crippen LogP contribution < -0.4 is 14.8 Å². The zero-order valence-corrected chi connectivity index (χ0v) is 15.0. The maximum atomic E-state index is 12.1. The normalized spacial score (nSPS) is 12.5. The first kappa shape index (κ1) is 16.2. The van der Waals surface area contributed by atoms with Crippen LogP contribution >= 0.6 is 23.1 Å². The van der Waals surface area contributed by atoms with Crippen molar-refractivity contribution in [3.63, 3.8) is 0 Å². The summed E-state index contributed by atoms with van der Waals surface area (Å²) in [6.07, 6.45) is 1.31. The van der Waals surface area contributed by atoms with E-state index in [1.54, 1.807) is 11.8 Å². The minimum absolute atomic E-state index is 0.00670. The van der Waals surface area contributed by atoms with Crippen molar-refractivity contribution in [3.05, 3.63) is 42.5 Å². The van der Waals surface area contributed by atoms with Gasteiger partial charge < -0.3 is 14.8 Å². The number of benzene rings is 2. The molecule has 0 radical (unpaired) electrons. The number of carbonyl (C=O) groups excluding carboxylic acids is 1. The van der Waals surface area contributed by atoms with Gasteiger partial charge in [-0.05, 0) is 24.3 Å². The zero-order valence-electron chi connectivity index (χ0n) is 13.4. The predicted molar refractivity (Wildman–Crippen MR) is 101 cm³/mol. The van der Waals surface area contributed by atoms with Crippen LogP contribution in [0.5, 0.6) is 11.5 Å². The standard InChI is InChI=1S/C18H16N2O3S2/c21-17(7-4-8-24-12-5-2-1-3-6-12)20-18-19-13-9-14-15(23-11-22-14)10-16(13)25-18/h1-3,5-6,9-10H,4,7-8,11H2,(H,19,20,21). The first-order valence-electron chi connectivity index (χ1n) is 7.96. The molecule has 1 aliphatic rings. The van der Waals surface area contributed by atoms with Crippen molar-refractivity contribution >= 4 is 44.4 Å². The molecule has 25 heavy (non-hydrogen) atoms. The predicted octanol–water partition coefficient (Wildman–Crippen LogP) is 4.54. The summed E-state index contributed by atoms with van der Waals surface area (Å²) < 4.78 is 11.7. The summed E-state index contributed by atoms with van der Waals surface area (Å²) in [4.78, 5) is 17.8. The molecular weight excluding hydrogens is 356 g/mol. The smallest absolute Gasteiger partial charge is 0.231 e. The van der Waals surface area contributed by atoms with E-state index in [-0.39, 0.29) is 12.7 Å². The molecule has 5 nitrogen and oxygen atoms in total. The minimum atomic E-state index is -0.00670. The molecule has 1 amide bonds. The van der Waals surface area contributed by atoms with Crippen LogP contribution in [-0.2, 0) is 4.79 Å². The number of amides is 1. The van der Waals surface area contributed by atoms with Gasteiger partial charge in [0.25, 0.3) is 0 Å². The average molecular weight is 372 g/mol. The van der Waals surface area contributed by atoms with Crippen LogP contribution in [0.25, 0.3) is 10.2 Å². The third kappa shape index (κ3) is 3.88. The van der Waals surface area contributed by atoms with E-state index in [9.17, 15) is 4.79 Å². The molecule has 0 aliphatic carbocycles. The Kier molecular flexibility index (Phi) is 4.76. The number of anilines is 1. The van der Waals surface area contributed by atoms with Gasteiger partial charge in [0.05, 0.1) is 10.2 Å². The minimum Gasteiger partial charge on any atom is -0.454 e. The zero-order chi connectivity index (χ0) is 17.1. The molecule has 0 fully saturated rings. The highest BCUT2D eigenvalue weighted by Gasteiger charge is 2.17. The molecule has 0 atom stereocenters. The molecule has 0 spiro atoms. The molecule has 7 heteroatoms. The number of hydrogen-bond donors (Lipinski definition) is 1. The highest BCUT2D eigenvalue weighted by Crippen LogP contribution is 2.38. The van der Waals surface area contributed by atoms with Gasteiger partial charge in [0.15, 0.2) is 16.6 Å². The second-order valence-corrected chi connectivity index (χ2v) is 7.70. The van der Waals surface area contributed by atoms with Crippen LogP contribution in [0.15, 0.2) is 47.4 Å². The lowest BCUT2D eigenvalue weighted by Gasteiger charge is -2.02.